The second-order valence-corrected chi connectivity index (χ2v) is 7.43. The van der Waals surface area contributed by atoms with E-state index in [1.54, 1.807) is 72.9 Å². The maximum Gasteiger partial charge on any atom is 3.00 e. The van der Waals surface area contributed by atoms with Crippen molar-refractivity contribution in [1.82, 2.24) is 0 Å². The Morgan fingerprint density at radius 3 is 0.850 bits per heavy atom. The Morgan fingerprint density at radius 1 is 0.350 bits per heavy atom. The van der Waals surface area contributed by atoms with E-state index in [4.69, 9.17) is 28.4 Å². The summed E-state index contributed by atoms with van der Waals surface area (Å²) in [5.74, 6) is 1.44. The standard InChI is InChI=1S/3C10H8O3.B/c3*11-8-4-3-7-13-10(8)9-5-1-2-6-12-9;/h3*1-7,11H;/q;;;+3/p-3. The van der Waals surface area contributed by atoms with Crippen molar-refractivity contribution >= 4 is 8.41 Å². The van der Waals surface area contributed by atoms with Crippen LogP contribution in [0.2, 0.25) is 0 Å². The molecule has 0 atom stereocenters. The quantitative estimate of drug-likeness (QED) is 0.430. The maximum absolute atomic E-state index is 11.3. The smallest absolute Gasteiger partial charge is 0.870 e. The number of hydrogen-bond donors (Lipinski definition) is 0. The fourth-order valence-corrected chi connectivity index (χ4v) is 3.05. The first-order valence-corrected chi connectivity index (χ1v) is 11.5. The normalized spacial score (nSPS) is 24.4. The van der Waals surface area contributed by atoms with E-state index >= 15 is 0 Å². The zero-order chi connectivity index (χ0) is 27.3. The Kier molecular flexibility index (Phi) is 10.8. The van der Waals surface area contributed by atoms with Crippen molar-refractivity contribution in [2.24, 2.45) is 0 Å². The summed E-state index contributed by atoms with van der Waals surface area (Å²) in [6, 6.07) is 0. The van der Waals surface area contributed by atoms with E-state index in [0.717, 1.165) is 0 Å². The van der Waals surface area contributed by atoms with Gasteiger partial charge in [-0.25, -0.2) is 0 Å². The maximum atomic E-state index is 11.3. The van der Waals surface area contributed by atoms with E-state index in [0.29, 0.717) is 17.3 Å². The van der Waals surface area contributed by atoms with E-state index in [9.17, 15) is 15.3 Å². The molecule has 0 fully saturated rings. The molecule has 40 heavy (non-hydrogen) atoms. The van der Waals surface area contributed by atoms with Crippen LogP contribution in [0.3, 0.4) is 0 Å². The van der Waals surface area contributed by atoms with Crippen molar-refractivity contribution in [1.29, 1.82) is 0 Å². The molecule has 0 bridgehead atoms. The van der Waals surface area contributed by atoms with Crippen LogP contribution in [0.4, 0.5) is 0 Å². The van der Waals surface area contributed by atoms with Gasteiger partial charge in [0, 0.05) is 0 Å². The molecule has 0 spiro atoms. The molecule has 0 saturated carbocycles. The molecule has 6 aliphatic heterocycles. The van der Waals surface area contributed by atoms with Gasteiger partial charge in [0.05, 0.1) is 37.6 Å². The SMILES string of the molecule is [B+3].[O-]C1=CC=COC1=C1C=CC=CO1.[O-]C1=CC=COC1=C1C=CC=CO1.[O-]C1=CC=COC1=C1C=CC=CO1. The molecule has 0 unspecified atom stereocenters. The van der Waals surface area contributed by atoms with Crippen LogP contribution < -0.4 is 15.3 Å². The van der Waals surface area contributed by atoms with Crippen molar-refractivity contribution in [2.45, 2.75) is 0 Å². The molecule has 0 aromatic rings. The summed E-state index contributed by atoms with van der Waals surface area (Å²) in [6.07, 6.45) is 33.3. The zero-order valence-electron chi connectivity index (χ0n) is 20.9. The van der Waals surface area contributed by atoms with E-state index in [1.807, 2.05) is 0 Å². The van der Waals surface area contributed by atoms with Crippen LogP contribution in [-0.4, -0.2) is 8.41 Å². The molecule has 0 saturated heterocycles. The van der Waals surface area contributed by atoms with Gasteiger partial charge in [-0.15, -0.1) is 0 Å². The molecule has 0 N–H and O–H groups in total. The molecule has 0 amide bonds. The minimum atomic E-state index is -0.183. The van der Waals surface area contributed by atoms with Crippen molar-refractivity contribution in [2.75, 3.05) is 0 Å². The number of hydrogen-bond acceptors (Lipinski definition) is 9. The van der Waals surface area contributed by atoms with Crippen LogP contribution in [0.1, 0.15) is 0 Å². The molecule has 6 aliphatic rings. The molecule has 0 aromatic carbocycles. The first-order chi connectivity index (χ1) is 19.1. The molecule has 198 valence electrons. The van der Waals surface area contributed by atoms with Gasteiger partial charge < -0.3 is 43.7 Å². The molecule has 0 radical (unpaired) electrons. The van der Waals surface area contributed by atoms with Crippen LogP contribution >= 0.6 is 0 Å². The third-order valence-electron chi connectivity index (χ3n) is 4.78. The van der Waals surface area contributed by atoms with Gasteiger partial charge in [0.15, 0.2) is 34.6 Å². The largest absolute Gasteiger partial charge is 3.00 e. The molecule has 6 rings (SSSR count). The number of rotatable bonds is 0. The van der Waals surface area contributed by atoms with Crippen molar-refractivity contribution in [3.63, 3.8) is 0 Å². The third-order valence-corrected chi connectivity index (χ3v) is 4.78. The molecule has 9 nitrogen and oxygen atoms in total. The van der Waals surface area contributed by atoms with Crippen LogP contribution in [0.15, 0.2) is 181 Å². The van der Waals surface area contributed by atoms with Gasteiger partial charge >= 0.3 is 8.41 Å². The Hall–Kier alpha value is -5.64. The van der Waals surface area contributed by atoms with Crippen LogP contribution in [0, 0.1) is 0 Å². The predicted molar refractivity (Wildman–Crippen MR) is 140 cm³/mol. The van der Waals surface area contributed by atoms with Gasteiger partial charge in [-0.3, -0.25) is 0 Å². The molecule has 0 aromatic heterocycles. The molecule has 0 aliphatic carbocycles. The Labute approximate surface area is 232 Å². The Bertz CT molecular complexity index is 1250. The average molecular weight is 536 g/mol. The topological polar surface area (TPSA) is 125 Å². The van der Waals surface area contributed by atoms with Crippen LogP contribution in [0.25, 0.3) is 0 Å². The summed E-state index contributed by atoms with van der Waals surface area (Å²) in [7, 11) is 0. The van der Waals surface area contributed by atoms with Gasteiger partial charge in [-0.2, -0.15) is 0 Å². The van der Waals surface area contributed by atoms with Gasteiger partial charge in [-0.1, -0.05) is 53.7 Å². The fourth-order valence-electron chi connectivity index (χ4n) is 3.05. The second-order valence-electron chi connectivity index (χ2n) is 7.43. The Balaban J connectivity index is 0.000000163. The molecule has 10 heteroatoms. The zero-order valence-corrected chi connectivity index (χ0v) is 20.9. The first kappa shape index (κ1) is 28.9. The van der Waals surface area contributed by atoms with Gasteiger partial charge in [-0.05, 0) is 54.7 Å². The predicted octanol–water partition coefficient (Wildman–Crippen LogP) is 2.88. The van der Waals surface area contributed by atoms with Gasteiger partial charge in [0.2, 0.25) is 0 Å². The fraction of sp³-hybridized carbons (Fsp3) is 0. The summed E-state index contributed by atoms with van der Waals surface area (Å²) in [4.78, 5) is 0. The summed E-state index contributed by atoms with van der Waals surface area (Å²) in [5, 5.41) is 33.8. The summed E-state index contributed by atoms with van der Waals surface area (Å²) in [6.45, 7) is 0. The van der Waals surface area contributed by atoms with E-state index in [2.05, 4.69) is 0 Å². The minimum absolute atomic E-state index is 0. The van der Waals surface area contributed by atoms with Gasteiger partial charge in [0.25, 0.3) is 0 Å². The monoisotopic (exact) mass is 536 g/mol. The Morgan fingerprint density at radius 2 is 0.625 bits per heavy atom. The van der Waals surface area contributed by atoms with Crippen LogP contribution in [0.5, 0.6) is 0 Å². The summed E-state index contributed by atoms with van der Waals surface area (Å²) in [5.41, 5.74) is 0. The minimum Gasteiger partial charge on any atom is -0.870 e. The van der Waals surface area contributed by atoms with Crippen LogP contribution in [-0.2, 0) is 28.4 Å². The molecule has 6 heterocycles. The third kappa shape index (κ3) is 7.93. The second kappa shape index (κ2) is 14.9. The first-order valence-electron chi connectivity index (χ1n) is 11.5. The van der Waals surface area contributed by atoms with Crippen molar-refractivity contribution < 1.29 is 43.7 Å². The van der Waals surface area contributed by atoms with E-state index < -0.39 is 0 Å². The molecular formula is C30H21BO9. The molecular weight excluding hydrogens is 515 g/mol. The van der Waals surface area contributed by atoms with E-state index in [-0.39, 0.29) is 43.0 Å². The van der Waals surface area contributed by atoms with Crippen molar-refractivity contribution in [3.05, 3.63) is 181 Å². The number of allylic oxidation sites excluding steroid dienone is 15. The van der Waals surface area contributed by atoms with E-state index in [1.165, 1.54) is 55.8 Å². The summed E-state index contributed by atoms with van der Waals surface area (Å²) >= 11 is 0. The van der Waals surface area contributed by atoms with Crippen molar-refractivity contribution in [3.8, 4) is 0 Å². The number of ether oxygens (including phenoxy) is 6. The average Bonchev–Trinajstić information content (AvgIpc) is 3.00. The van der Waals surface area contributed by atoms with Gasteiger partial charge in [0.1, 0.15) is 0 Å². The summed E-state index contributed by atoms with van der Waals surface area (Å²) < 4.78 is 30.4.